The van der Waals surface area contributed by atoms with Crippen LogP contribution >= 0.6 is 0 Å². The van der Waals surface area contributed by atoms with Crippen molar-refractivity contribution >= 4 is 29.2 Å². The van der Waals surface area contributed by atoms with Crippen LogP contribution in [0.1, 0.15) is 97.1 Å². The Bertz CT molecular complexity index is 1440. The van der Waals surface area contributed by atoms with Crippen molar-refractivity contribution in [1.29, 1.82) is 0 Å². The van der Waals surface area contributed by atoms with Crippen LogP contribution in [-0.2, 0) is 41.6 Å². The molecule has 286 valence electrons. The molecule has 2 aromatic carbocycles. The van der Waals surface area contributed by atoms with Crippen LogP contribution in [0.2, 0.25) is 0 Å². The summed E-state index contributed by atoms with van der Waals surface area (Å²) in [6, 6.07) is 17.9. The summed E-state index contributed by atoms with van der Waals surface area (Å²) in [4.78, 5) is 70.8. The average Bonchev–Trinajstić information content (AvgIpc) is 3.85. The van der Waals surface area contributed by atoms with Gasteiger partial charge in [0.1, 0.15) is 11.4 Å². The van der Waals surface area contributed by atoms with Gasteiger partial charge in [0.2, 0.25) is 11.8 Å². The summed E-state index contributed by atoms with van der Waals surface area (Å²) in [6.45, 7) is 11.0. The number of aryl methyl sites for hydroxylation is 1. The molecule has 5 atom stereocenters. The highest BCUT2D eigenvalue weighted by molar-refractivity contribution is 5.98. The van der Waals surface area contributed by atoms with E-state index in [4.69, 9.17) is 4.74 Å². The number of hydrogen-bond acceptors (Lipinski definition) is 7. The van der Waals surface area contributed by atoms with Crippen LogP contribution < -0.4 is 10.6 Å². The third kappa shape index (κ3) is 15.1. The second kappa shape index (κ2) is 21.1. The largest absolute Gasteiger partial charge is 0.361 e. The van der Waals surface area contributed by atoms with Gasteiger partial charge < -0.3 is 20.3 Å². The number of amides is 2. The molecule has 1 unspecified atom stereocenters. The highest BCUT2D eigenvalue weighted by Crippen LogP contribution is 2.30. The molecule has 0 spiro atoms. The second-order valence-electron chi connectivity index (χ2n) is 16.0. The van der Waals surface area contributed by atoms with Crippen LogP contribution in [0.25, 0.3) is 0 Å². The number of nitrogens with zero attached hydrogens (tertiary/aromatic N) is 1. The maximum absolute atomic E-state index is 14.2. The van der Waals surface area contributed by atoms with Crippen molar-refractivity contribution in [2.75, 3.05) is 27.2 Å². The lowest BCUT2D eigenvalue weighted by atomic mass is 9.87. The van der Waals surface area contributed by atoms with Gasteiger partial charge in [0, 0.05) is 31.1 Å². The standard InChI is InChI=1S/C43H63N3O6/c1-30(2)24-37(44-41(50)34(22-21-32-16-10-8-11-17-32)27-36(47)20-14-15-23-46(6)7)39(48)28-35(26-33-18-12-9-13-19-33)42(51)45-38(25-31(3)4)40(49)43(5)29-52-43/h8-13,16-19,30-31,34-35,37-38H,14-15,20-29H2,1-7H3,(H,44,50)(H,45,51)/t34?,35-,37+,38+,43-/m1/s1. The van der Waals surface area contributed by atoms with Crippen LogP contribution in [0.3, 0.4) is 0 Å². The van der Waals surface area contributed by atoms with Gasteiger partial charge in [0.25, 0.3) is 0 Å². The molecule has 1 aliphatic heterocycles. The topological polar surface area (TPSA) is 125 Å². The number of carbonyl (C=O) groups is 5. The first kappa shape index (κ1) is 42.7. The molecule has 0 saturated carbocycles. The van der Waals surface area contributed by atoms with Gasteiger partial charge in [-0.1, -0.05) is 88.4 Å². The van der Waals surface area contributed by atoms with Gasteiger partial charge in [-0.15, -0.1) is 0 Å². The molecule has 0 bridgehead atoms. The van der Waals surface area contributed by atoms with E-state index in [9.17, 15) is 24.0 Å². The highest BCUT2D eigenvalue weighted by Gasteiger charge is 2.50. The summed E-state index contributed by atoms with van der Waals surface area (Å²) in [6.07, 6.45) is 4.38. The molecule has 3 rings (SSSR count). The number of hydrogen-bond donors (Lipinski definition) is 2. The minimum absolute atomic E-state index is 0.0502. The molecule has 0 aromatic heterocycles. The van der Waals surface area contributed by atoms with Gasteiger partial charge in [-0.2, -0.15) is 0 Å². The average molecular weight is 718 g/mol. The van der Waals surface area contributed by atoms with E-state index >= 15 is 0 Å². The zero-order valence-corrected chi connectivity index (χ0v) is 32.6. The lowest BCUT2D eigenvalue weighted by Crippen LogP contribution is -2.50. The van der Waals surface area contributed by atoms with Crippen LogP contribution in [0.5, 0.6) is 0 Å². The van der Waals surface area contributed by atoms with Gasteiger partial charge in [0.05, 0.1) is 18.7 Å². The van der Waals surface area contributed by atoms with Crippen molar-refractivity contribution in [3.8, 4) is 0 Å². The number of unbranched alkanes of at least 4 members (excludes halogenated alkanes) is 1. The summed E-state index contributed by atoms with van der Waals surface area (Å²) in [5, 5.41) is 6.04. The van der Waals surface area contributed by atoms with E-state index in [0.717, 1.165) is 30.5 Å². The van der Waals surface area contributed by atoms with Gasteiger partial charge in [-0.05, 0) is 95.5 Å². The van der Waals surface area contributed by atoms with Crippen LogP contribution in [0, 0.1) is 23.7 Å². The van der Waals surface area contributed by atoms with Crippen molar-refractivity contribution in [1.82, 2.24) is 15.5 Å². The van der Waals surface area contributed by atoms with Crippen molar-refractivity contribution in [2.45, 2.75) is 117 Å². The molecule has 9 heteroatoms. The molecule has 1 fully saturated rings. The molecule has 1 heterocycles. The Morgan fingerprint density at radius 2 is 1.29 bits per heavy atom. The molecule has 1 aliphatic rings. The summed E-state index contributed by atoms with van der Waals surface area (Å²) in [5.41, 5.74) is 1.09. The fourth-order valence-corrected chi connectivity index (χ4v) is 6.62. The van der Waals surface area contributed by atoms with Crippen molar-refractivity contribution in [3.63, 3.8) is 0 Å². The zero-order chi connectivity index (χ0) is 38.3. The van der Waals surface area contributed by atoms with Gasteiger partial charge in [0.15, 0.2) is 11.6 Å². The Kier molecular flexibility index (Phi) is 17.4. The molecule has 52 heavy (non-hydrogen) atoms. The first-order valence-electron chi connectivity index (χ1n) is 19.2. The summed E-state index contributed by atoms with van der Waals surface area (Å²) in [5.74, 6) is -2.11. The Morgan fingerprint density at radius 1 is 0.750 bits per heavy atom. The number of benzene rings is 2. The van der Waals surface area contributed by atoms with Gasteiger partial charge in [-0.25, -0.2) is 0 Å². The molecular weight excluding hydrogens is 654 g/mol. The zero-order valence-electron chi connectivity index (χ0n) is 32.6. The Hall–Kier alpha value is -3.69. The number of carbonyl (C=O) groups excluding carboxylic acids is 5. The van der Waals surface area contributed by atoms with Crippen molar-refractivity contribution in [2.24, 2.45) is 23.7 Å². The van der Waals surface area contributed by atoms with E-state index in [1.165, 1.54) is 0 Å². The third-order valence-electron chi connectivity index (χ3n) is 9.77. The number of epoxide rings is 1. The van der Waals surface area contributed by atoms with Crippen LogP contribution in [-0.4, -0.2) is 79.0 Å². The number of rotatable bonds is 25. The third-order valence-corrected chi connectivity index (χ3v) is 9.77. The molecule has 0 aliphatic carbocycles. The lowest BCUT2D eigenvalue weighted by molar-refractivity contribution is -0.135. The van der Waals surface area contributed by atoms with Crippen LogP contribution in [0.15, 0.2) is 60.7 Å². The molecule has 0 radical (unpaired) electrons. The maximum atomic E-state index is 14.2. The van der Waals surface area contributed by atoms with E-state index in [1.54, 1.807) is 6.92 Å². The SMILES string of the molecule is CC(C)C[C@H](NC(=O)C(CCc1ccccc1)CC(=O)CCCCN(C)C)C(=O)C[C@@H](Cc1ccccc1)C(=O)N[C@@H](CC(C)C)C(=O)[C@@]1(C)CO1. The number of Topliss-reactive ketones (excluding diaryl/α,β-unsaturated/α-hetero) is 3. The quantitative estimate of drug-likeness (QED) is 0.0931. The monoisotopic (exact) mass is 717 g/mol. The van der Waals surface area contributed by atoms with Crippen molar-refractivity contribution in [3.05, 3.63) is 71.8 Å². The summed E-state index contributed by atoms with van der Waals surface area (Å²) < 4.78 is 5.43. The van der Waals surface area contributed by atoms with E-state index in [0.29, 0.717) is 45.1 Å². The molecule has 2 N–H and O–H groups in total. The van der Waals surface area contributed by atoms with Crippen LogP contribution in [0.4, 0.5) is 0 Å². The minimum Gasteiger partial charge on any atom is -0.361 e. The Balaban J connectivity index is 1.80. The number of nitrogens with one attached hydrogen (secondary N) is 2. The van der Waals surface area contributed by atoms with Gasteiger partial charge in [-0.3, -0.25) is 24.0 Å². The molecule has 9 nitrogen and oxygen atoms in total. The predicted octanol–water partition coefficient (Wildman–Crippen LogP) is 6.16. The van der Waals surface area contributed by atoms with Crippen molar-refractivity contribution < 1.29 is 28.7 Å². The first-order valence-corrected chi connectivity index (χ1v) is 19.2. The number of ketones is 3. The second-order valence-corrected chi connectivity index (χ2v) is 16.0. The van der Waals surface area contributed by atoms with E-state index in [2.05, 4.69) is 15.5 Å². The summed E-state index contributed by atoms with van der Waals surface area (Å²) >= 11 is 0. The fourth-order valence-electron chi connectivity index (χ4n) is 6.62. The van der Waals surface area contributed by atoms with Gasteiger partial charge >= 0.3 is 0 Å². The number of ether oxygens (including phenoxy) is 1. The predicted molar refractivity (Wildman–Crippen MR) is 206 cm³/mol. The Morgan fingerprint density at radius 3 is 1.85 bits per heavy atom. The molecular formula is C43H63N3O6. The fraction of sp³-hybridized carbons (Fsp3) is 0.605. The normalized spacial score (nSPS) is 17.7. The molecule has 1 saturated heterocycles. The minimum atomic E-state index is -0.894. The lowest BCUT2D eigenvalue weighted by Gasteiger charge is -2.27. The highest BCUT2D eigenvalue weighted by atomic mass is 16.6. The Labute approximate surface area is 312 Å². The smallest absolute Gasteiger partial charge is 0.224 e. The molecule has 2 aromatic rings. The first-order chi connectivity index (χ1) is 24.7. The van der Waals surface area contributed by atoms with E-state index in [1.807, 2.05) is 102 Å². The van der Waals surface area contributed by atoms with E-state index < -0.39 is 29.5 Å². The summed E-state index contributed by atoms with van der Waals surface area (Å²) in [7, 11) is 4.01. The molecule has 2 amide bonds. The maximum Gasteiger partial charge on any atom is 0.224 e. The van der Waals surface area contributed by atoms with E-state index in [-0.39, 0.29) is 53.8 Å².